The largest absolute Gasteiger partial charge is 0.465 e. The summed E-state index contributed by atoms with van der Waals surface area (Å²) < 4.78 is 31.0. The second kappa shape index (κ2) is 8.52. The highest BCUT2D eigenvalue weighted by Crippen LogP contribution is 2.44. The van der Waals surface area contributed by atoms with Crippen LogP contribution in [0.5, 0.6) is 0 Å². The molecule has 2 aromatic rings. The van der Waals surface area contributed by atoms with Gasteiger partial charge in [0, 0.05) is 12.0 Å². The van der Waals surface area contributed by atoms with Crippen LogP contribution in [0.15, 0.2) is 30.3 Å². The van der Waals surface area contributed by atoms with Gasteiger partial charge in [0.1, 0.15) is 0 Å². The molecular weight excluding hydrogens is 435 g/mol. The van der Waals surface area contributed by atoms with Gasteiger partial charge in [0.25, 0.3) is 0 Å². The van der Waals surface area contributed by atoms with Crippen LogP contribution in [0.25, 0.3) is 0 Å². The van der Waals surface area contributed by atoms with Gasteiger partial charge in [0.15, 0.2) is 0 Å². The van der Waals surface area contributed by atoms with Crippen molar-refractivity contribution in [2.75, 3.05) is 25.1 Å². The second-order valence-corrected chi connectivity index (χ2v) is 9.60. The third-order valence-corrected chi connectivity index (χ3v) is 6.44. The summed E-state index contributed by atoms with van der Waals surface area (Å²) in [7, 11) is -0.463. The van der Waals surface area contributed by atoms with Gasteiger partial charge in [-0.05, 0) is 60.8 Å². The molecule has 0 saturated heterocycles. The minimum atomic E-state index is -3.58. The predicted molar refractivity (Wildman–Crippen MR) is 116 cm³/mol. The van der Waals surface area contributed by atoms with E-state index >= 15 is 0 Å². The van der Waals surface area contributed by atoms with Crippen molar-refractivity contribution in [1.82, 2.24) is 5.32 Å². The molecule has 3 rings (SSSR count). The molecular formula is C20H22Cl2N2O4S. The van der Waals surface area contributed by atoms with Crippen molar-refractivity contribution in [1.29, 1.82) is 0 Å². The van der Waals surface area contributed by atoms with Crippen molar-refractivity contribution in [3.8, 4) is 0 Å². The maximum atomic E-state index is 12.4. The quantitative estimate of drug-likeness (QED) is 0.653. The molecule has 0 aliphatic heterocycles. The molecule has 2 aromatic carbocycles. The van der Waals surface area contributed by atoms with E-state index in [-0.39, 0.29) is 23.2 Å². The highest BCUT2D eigenvalue weighted by molar-refractivity contribution is 7.92. The Morgan fingerprint density at radius 3 is 2.41 bits per heavy atom. The van der Waals surface area contributed by atoms with Crippen LogP contribution in [-0.2, 0) is 14.8 Å². The van der Waals surface area contributed by atoms with Crippen LogP contribution >= 0.6 is 23.2 Å². The zero-order valence-corrected chi connectivity index (χ0v) is 18.6. The number of methoxy groups -OCH3 is 1. The molecule has 0 bridgehead atoms. The molecule has 0 saturated carbocycles. The van der Waals surface area contributed by atoms with E-state index in [1.807, 2.05) is 19.2 Å². The minimum Gasteiger partial charge on any atom is -0.465 e. The summed E-state index contributed by atoms with van der Waals surface area (Å²) in [6.07, 6.45) is 2.71. The zero-order valence-electron chi connectivity index (χ0n) is 16.3. The van der Waals surface area contributed by atoms with Crippen LogP contribution in [0.1, 0.15) is 51.8 Å². The number of esters is 1. The number of anilines is 1. The Morgan fingerprint density at radius 2 is 1.83 bits per heavy atom. The van der Waals surface area contributed by atoms with Crippen LogP contribution in [0.2, 0.25) is 10.0 Å². The summed E-state index contributed by atoms with van der Waals surface area (Å²) in [5.41, 5.74) is 3.20. The lowest BCUT2D eigenvalue weighted by atomic mass is 9.76. The molecule has 29 heavy (non-hydrogen) atoms. The number of carbonyl (C=O) groups is 1. The Hall–Kier alpha value is -1.80. The molecule has 2 atom stereocenters. The van der Waals surface area contributed by atoms with Gasteiger partial charge >= 0.3 is 5.97 Å². The molecule has 0 amide bonds. The summed E-state index contributed by atoms with van der Waals surface area (Å²) in [4.78, 5) is 12.4. The molecule has 0 fully saturated rings. The topological polar surface area (TPSA) is 84.5 Å². The third-order valence-electron chi connectivity index (χ3n) is 5.11. The number of nitrogens with one attached hydrogen (secondary N) is 2. The predicted octanol–water partition coefficient (Wildman–Crippen LogP) is 4.34. The Morgan fingerprint density at radius 1 is 1.10 bits per heavy atom. The molecule has 156 valence electrons. The lowest BCUT2D eigenvalue weighted by Gasteiger charge is -2.33. The minimum absolute atomic E-state index is 0.0138. The number of ether oxygens (including phenoxy) is 1. The molecule has 1 aliphatic carbocycles. The van der Waals surface area contributed by atoms with E-state index in [0.717, 1.165) is 35.8 Å². The average Bonchev–Trinajstić information content (AvgIpc) is 2.67. The number of sulfonamides is 1. The number of rotatable bonds is 5. The Bertz CT molecular complexity index is 1060. The number of hydrogen-bond acceptors (Lipinski definition) is 5. The van der Waals surface area contributed by atoms with E-state index in [0.29, 0.717) is 10.0 Å². The summed E-state index contributed by atoms with van der Waals surface area (Å²) in [6, 6.07) is 8.96. The van der Waals surface area contributed by atoms with Crippen LogP contribution in [0.4, 0.5) is 5.69 Å². The van der Waals surface area contributed by atoms with Gasteiger partial charge < -0.3 is 10.1 Å². The van der Waals surface area contributed by atoms with E-state index < -0.39 is 16.0 Å². The normalized spacial score (nSPS) is 18.8. The fourth-order valence-corrected chi connectivity index (χ4v) is 4.69. The molecule has 0 heterocycles. The van der Waals surface area contributed by atoms with Gasteiger partial charge in [-0.2, -0.15) is 0 Å². The monoisotopic (exact) mass is 456 g/mol. The van der Waals surface area contributed by atoms with Gasteiger partial charge in [-0.15, -0.1) is 0 Å². The standard InChI is InChI=1S/C20H22Cl2N2O4S/c1-23-18-7-5-12(11-4-6-16(21)17(22)8-11)13-9-15(20(25)28-2)19(10-14(13)18)24-29(3,26)27/h4,6,8-10,12,18,23-24H,5,7H2,1-3H3/t12?,18-/m0/s1. The van der Waals surface area contributed by atoms with Crippen LogP contribution in [-0.4, -0.2) is 34.8 Å². The SMILES string of the molecule is CN[C@H]1CCC(c2ccc(Cl)c(Cl)c2)c2cc(C(=O)OC)c(NS(C)(=O)=O)cc21. The highest BCUT2D eigenvalue weighted by atomic mass is 35.5. The first-order valence-electron chi connectivity index (χ1n) is 9.00. The molecule has 0 radical (unpaired) electrons. The van der Waals surface area contributed by atoms with Crippen molar-refractivity contribution in [3.63, 3.8) is 0 Å². The van der Waals surface area contributed by atoms with Crippen molar-refractivity contribution < 1.29 is 17.9 Å². The first-order valence-corrected chi connectivity index (χ1v) is 11.7. The molecule has 1 unspecified atom stereocenters. The summed E-state index contributed by atoms with van der Waals surface area (Å²) in [6.45, 7) is 0. The summed E-state index contributed by atoms with van der Waals surface area (Å²) >= 11 is 12.3. The molecule has 0 aromatic heterocycles. The number of hydrogen-bond donors (Lipinski definition) is 2. The highest BCUT2D eigenvalue weighted by Gasteiger charge is 2.31. The lowest BCUT2D eigenvalue weighted by molar-refractivity contribution is 0.0601. The maximum Gasteiger partial charge on any atom is 0.340 e. The Labute approximate surface area is 180 Å². The summed E-state index contributed by atoms with van der Waals surface area (Å²) in [5.74, 6) is -0.626. The van der Waals surface area contributed by atoms with Crippen molar-refractivity contribution >= 4 is 44.9 Å². The Kier molecular flexibility index (Phi) is 6.43. The maximum absolute atomic E-state index is 12.4. The van der Waals surface area contributed by atoms with Crippen molar-refractivity contribution in [2.24, 2.45) is 0 Å². The van der Waals surface area contributed by atoms with E-state index in [4.69, 9.17) is 27.9 Å². The van der Waals surface area contributed by atoms with Gasteiger partial charge in [0.05, 0.1) is 34.7 Å². The number of halogens is 2. The second-order valence-electron chi connectivity index (χ2n) is 7.04. The van der Waals surface area contributed by atoms with Gasteiger partial charge in [-0.3, -0.25) is 4.72 Å². The van der Waals surface area contributed by atoms with E-state index in [2.05, 4.69) is 10.0 Å². The molecule has 0 spiro atoms. The molecule has 1 aliphatic rings. The zero-order chi connectivity index (χ0) is 21.3. The lowest BCUT2D eigenvalue weighted by Crippen LogP contribution is -2.26. The fraction of sp³-hybridized carbons (Fsp3) is 0.350. The molecule has 9 heteroatoms. The molecule has 6 nitrogen and oxygen atoms in total. The third kappa shape index (κ3) is 4.69. The van der Waals surface area contributed by atoms with Crippen LogP contribution in [0, 0.1) is 0 Å². The average molecular weight is 457 g/mol. The van der Waals surface area contributed by atoms with E-state index in [9.17, 15) is 13.2 Å². The van der Waals surface area contributed by atoms with E-state index in [1.54, 1.807) is 18.2 Å². The fourth-order valence-electron chi connectivity index (χ4n) is 3.82. The van der Waals surface area contributed by atoms with Crippen molar-refractivity contribution in [2.45, 2.75) is 24.8 Å². The van der Waals surface area contributed by atoms with Crippen LogP contribution in [0.3, 0.4) is 0 Å². The van der Waals surface area contributed by atoms with E-state index in [1.165, 1.54) is 7.11 Å². The van der Waals surface area contributed by atoms with Gasteiger partial charge in [-0.1, -0.05) is 29.3 Å². The molecule has 2 N–H and O–H groups in total. The number of fused-ring (bicyclic) bond motifs is 1. The van der Waals surface area contributed by atoms with Crippen LogP contribution < -0.4 is 10.0 Å². The number of carbonyl (C=O) groups excluding carboxylic acids is 1. The first kappa shape index (κ1) is 21.9. The number of benzene rings is 2. The first-order chi connectivity index (χ1) is 13.6. The van der Waals surface area contributed by atoms with Gasteiger partial charge in [0.2, 0.25) is 10.0 Å². The smallest absolute Gasteiger partial charge is 0.340 e. The van der Waals surface area contributed by atoms with Crippen molar-refractivity contribution in [3.05, 3.63) is 62.6 Å². The summed E-state index contributed by atoms with van der Waals surface area (Å²) in [5, 5.41) is 4.20. The van der Waals surface area contributed by atoms with Gasteiger partial charge in [-0.25, -0.2) is 13.2 Å². The Balaban J connectivity index is 2.21.